The molecule has 1 aliphatic heterocycles. The molecule has 376 valence electrons. The molecule has 1 fully saturated rings. The van der Waals surface area contributed by atoms with E-state index in [2.05, 4.69) is 32.6 Å². The van der Waals surface area contributed by atoms with E-state index in [9.17, 15) is 19.2 Å². The molecule has 64 heavy (non-hydrogen) atoms. The second-order valence-electron chi connectivity index (χ2n) is 19.4. The lowest BCUT2D eigenvalue weighted by atomic mass is 10.0. The summed E-state index contributed by atoms with van der Waals surface area (Å²) < 4.78 is 23.7. The van der Waals surface area contributed by atoms with E-state index in [1.165, 1.54) is 103 Å². The van der Waals surface area contributed by atoms with E-state index in [1.807, 2.05) is 19.0 Å². The number of hydrogen-bond donors (Lipinski definition) is 0. The summed E-state index contributed by atoms with van der Waals surface area (Å²) in [4.78, 5) is 55.8. The van der Waals surface area contributed by atoms with Gasteiger partial charge >= 0.3 is 23.9 Å². The van der Waals surface area contributed by atoms with Crippen molar-refractivity contribution < 1.29 is 38.1 Å². The third kappa shape index (κ3) is 34.2. The van der Waals surface area contributed by atoms with Crippen LogP contribution in [0.3, 0.4) is 0 Å². The fraction of sp³-hybridized carbons (Fsp3) is 0.926. The Labute approximate surface area is 394 Å². The van der Waals surface area contributed by atoms with Crippen molar-refractivity contribution in [1.82, 2.24) is 9.80 Å². The van der Waals surface area contributed by atoms with Gasteiger partial charge in [-0.15, -0.1) is 0 Å². The third-order valence-electron chi connectivity index (χ3n) is 12.9. The van der Waals surface area contributed by atoms with E-state index >= 15 is 0 Å². The number of carbonyl (C=O) groups excluding carboxylic acids is 4. The van der Waals surface area contributed by atoms with Gasteiger partial charge in [0.25, 0.3) is 0 Å². The standard InChI is InChI=1S/C54H102N2O8/c1-7-11-15-19-22-29-37-47(35-27-17-13-9-3)62-51(57)39-31-24-21-25-34-44-61-54(60)50-45-49(64-53(59)41-43-55(5)6)46-56(50)42-33-26-32-40-52(58)63-48(36-28-18-14-10-4)38-30-23-20-16-12-8-2/h47-50H,7-46H2,1-6H3/t47?,48?,49?,50-/m0/s1. The van der Waals surface area contributed by atoms with Gasteiger partial charge < -0.3 is 23.8 Å². The minimum Gasteiger partial charge on any atom is -0.465 e. The molecule has 3 unspecified atom stereocenters. The molecule has 1 heterocycles. The Morgan fingerprint density at radius 1 is 0.500 bits per heavy atom. The molecule has 0 radical (unpaired) electrons. The van der Waals surface area contributed by atoms with Gasteiger partial charge in [0.1, 0.15) is 24.4 Å². The molecule has 0 amide bonds. The Kier molecular flexibility index (Phi) is 39.4. The van der Waals surface area contributed by atoms with Crippen molar-refractivity contribution >= 4 is 23.9 Å². The number of hydrogen-bond acceptors (Lipinski definition) is 10. The maximum atomic E-state index is 13.4. The second-order valence-corrected chi connectivity index (χ2v) is 19.4. The predicted molar refractivity (Wildman–Crippen MR) is 263 cm³/mol. The Hall–Kier alpha value is -2.20. The molecular weight excluding hydrogens is 805 g/mol. The van der Waals surface area contributed by atoms with Gasteiger partial charge in [-0.25, -0.2) is 0 Å². The zero-order valence-electron chi connectivity index (χ0n) is 42.8. The van der Waals surface area contributed by atoms with Gasteiger partial charge in [-0.3, -0.25) is 24.1 Å². The zero-order chi connectivity index (χ0) is 46.9. The first kappa shape index (κ1) is 59.8. The number of likely N-dealkylation sites (tertiary alicyclic amines) is 1. The molecule has 0 spiro atoms. The van der Waals surface area contributed by atoms with Crippen molar-refractivity contribution in [3.63, 3.8) is 0 Å². The molecule has 0 N–H and O–H groups in total. The summed E-state index contributed by atoms with van der Waals surface area (Å²) in [5, 5.41) is 0. The molecule has 0 bridgehead atoms. The zero-order valence-corrected chi connectivity index (χ0v) is 42.8. The average molecular weight is 907 g/mol. The largest absolute Gasteiger partial charge is 0.465 e. The SMILES string of the molecule is CCCCCCCCC(CCCCCC)OC(=O)CCCCCCCOC(=O)[C@@H]1CC(OC(=O)CCN(C)C)CN1CCCCCC(=O)OC(CCCCCC)CCCCCCCC. The molecule has 0 aromatic heterocycles. The van der Waals surface area contributed by atoms with Crippen LogP contribution in [0.5, 0.6) is 0 Å². The second kappa shape index (κ2) is 42.2. The first-order valence-corrected chi connectivity index (χ1v) is 27.3. The number of rotatable bonds is 45. The number of esters is 4. The molecule has 1 aliphatic rings. The van der Waals surface area contributed by atoms with E-state index in [-0.39, 0.29) is 42.2 Å². The van der Waals surface area contributed by atoms with Crippen molar-refractivity contribution in [2.75, 3.05) is 40.3 Å². The van der Waals surface area contributed by atoms with Gasteiger partial charge in [-0.2, -0.15) is 0 Å². The quantitative estimate of drug-likeness (QED) is 0.0333. The lowest BCUT2D eigenvalue weighted by Gasteiger charge is -2.22. The van der Waals surface area contributed by atoms with Gasteiger partial charge in [0.05, 0.1) is 13.0 Å². The Morgan fingerprint density at radius 3 is 1.38 bits per heavy atom. The van der Waals surface area contributed by atoms with E-state index in [4.69, 9.17) is 18.9 Å². The number of ether oxygens (including phenoxy) is 4. The van der Waals surface area contributed by atoms with Crippen LogP contribution in [0.4, 0.5) is 0 Å². The highest BCUT2D eigenvalue weighted by atomic mass is 16.6. The van der Waals surface area contributed by atoms with E-state index in [1.54, 1.807) is 0 Å². The topological polar surface area (TPSA) is 112 Å². The third-order valence-corrected chi connectivity index (χ3v) is 12.9. The average Bonchev–Trinajstić information content (AvgIpc) is 3.67. The van der Waals surface area contributed by atoms with E-state index < -0.39 is 6.04 Å². The summed E-state index contributed by atoms with van der Waals surface area (Å²) >= 11 is 0. The van der Waals surface area contributed by atoms with Crippen LogP contribution in [0, 0.1) is 0 Å². The molecule has 0 aromatic rings. The highest BCUT2D eigenvalue weighted by Gasteiger charge is 2.39. The molecular formula is C54H102N2O8. The van der Waals surface area contributed by atoms with Crippen molar-refractivity contribution in [2.24, 2.45) is 0 Å². The molecule has 10 heteroatoms. The maximum Gasteiger partial charge on any atom is 0.323 e. The summed E-state index contributed by atoms with van der Waals surface area (Å²) in [6, 6.07) is -0.449. The first-order chi connectivity index (χ1) is 31.1. The first-order valence-electron chi connectivity index (χ1n) is 27.3. The molecule has 0 aromatic carbocycles. The van der Waals surface area contributed by atoms with Gasteiger partial charge in [0, 0.05) is 32.4 Å². The summed E-state index contributed by atoms with van der Waals surface area (Å²) in [6.07, 6.45) is 36.7. The summed E-state index contributed by atoms with van der Waals surface area (Å²) in [5.41, 5.74) is 0. The maximum absolute atomic E-state index is 13.4. The highest BCUT2D eigenvalue weighted by Crippen LogP contribution is 2.24. The van der Waals surface area contributed by atoms with Crippen LogP contribution in [0.2, 0.25) is 0 Å². The molecule has 4 atom stereocenters. The Balaban J connectivity index is 2.51. The smallest absolute Gasteiger partial charge is 0.323 e. The summed E-state index contributed by atoms with van der Waals surface area (Å²) in [7, 11) is 3.86. The Bertz CT molecular complexity index is 1130. The molecule has 0 saturated carbocycles. The van der Waals surface area contributed by atoms with Gasteiger partial charge in [-0.05, 0) is 97.7 Å². The minimum absolute atomic E-state index is 0.0299. The molecule has 1 saturated heterocycles. The van der Waals surface area contributed by atoms with Gasteiger partial charge in [0.15, 0.2) is 0 Å². The number of carbonyl (C=O) groups is 4. The Morgan fingerprint density at radius 2 is 0.906 bits per heavy atom. The summed E-state index contributed by atoms with van der Waals surface area (Å²) in [6.45, 7) is 11.1. The fourth-order valence-electron chi connectivity index (χ4n) is 8.85. The van der Waals surface area contributed by atoms with Crippen LogP contribution < -0.4 is 0 Å². The predicted octanol–water partition coefficient (Wildman–Crippen LogP) is 13.6. The van der Waals surface area contributed by atoms with Crippen molar-refractivity contribution in [3.05, 3.63) is 0 Å². The van der Waals surface area contributed by atoms with E-state index in [0.29, 0.717) is 51.9 Å². The minimum atomic E-state index is -0.449. The van der Waals surface area contributed by atoms with Crippen molar-refractivity contribution in [3.8, 4) is 0 Å². The monoisotopic (exact) mass is 907 g/mol. The summed E-state index contributed by atoms with van der Waals surface area (Å²) in [5.74, 6) is -0.632. The van der Waals surface area contributed by atoms with Crippen LogP contribution in [-0.4, -0.2) is 98.4 Å². The normalized spacial score (nSPS) is 16.2. The van der Waals surface area contributed by atoms with Gasteiger partial charge in [-0.1, -0.05) is 156 Å². The van der Waals surface area contributed by atoms with Gasteiger partial charge in [0.2, 0.25) is 0 Å². The van der Waals surface area contributed by atoms with E-state index in [0.717, 1.165) is 103 Å². The molecule has 10 nitrogen and oxygen atoms in total. The number of nitrogens with zero attached hydrogens (tertiary/aromatic N) is 2. The lowest BCUT2D eigenvalue weighted by molar-refractivity contribution is -0.151. The van der Waals surface area contributed by atoms with Crippen LogP contribution >= 0.6 is 0 Å². The van der Waals surface area contributed by atoms with Crippen LogP contribution in [0.25, 0.3) is 0 Å². The molecule has 1 rings (SSSR count). The van der Waals surface area contributed by atoms with Crippen LogP contribution in [0.15, 0.2) is 0 Å². The highest BCUT2D eigenvalue weighted by molar-refractivity contribution is 5.76. The van der Waals surface area contributed by atoms with Crippen molar-refractivity contribution in [2.45, 2.75) is 283 Å². The number of unbranched alkanes of at least 4 members (excludes halogenated alkanes) is 22. The van der Waals surface area contributed by atoms with Crippen LogP contribution in [0.1, 0.15) is 259 Å². The molecule has 0 aliphatic carbocycles. The van der Waals surface area contributed by atoms with Crippen molar-refractivity contribution in [1.29, 1.82) is 0 Å². The van der Waals surface area contributed by atoms with Crippen LogP contribution in [-0.2, 0) is 38.1 Å². The fourth-order valence-corrected chi connectivity index (χ4v) is 8.85. The lowest BCUT2D eigenvalue weighted by Crippen LogP contribution is -2.38.